The van der Waals surface area contributed by atoms with Gasteiger partial charge in [0.1, 0.15) is 5.60 Å². The fourth-order valence-corrected chi connectivity index (χ4v) is 4.23. The molecule has 1 N–H and O–H groups in total. The molecule has 2 aromatic heterocycles. The summed E-state index contributed by atoms with van der Waals surface area (Å²) in [5.41, 5.74) is -1.08. The van der Waals surface area contributed by atoms with Gasteiger partial charge in [-0.05, 0) is 45.7 Å². The summed E-state index contributed by atoms with van der Waals surface area (Å²) in [6, 6.07) is 3.18. The molecule has 0 aliphatic carbocycles. The summed E-state index contributed by atoms with van der Waals surface area (Å²) >= 11 is 0. The number of halogens is 6. The maximum absolute atomic E-state index is 13.5. The summed E-state index contributed by atoms with van der Waals surface area (Å²) in [4.78, 5) is 58.7. The first-order valence-corrected chi connectivity index (χ1v) is 12.7. The van der Waals surface area contributed by atoms with Crippen molar-refractivity contribution < 1.29 is 55.4 Å². The van der Waals surface area contributed by atoms with Crippen LogP contribution in [0.3, 0.4) is 0 Å². The van der Waals surface area contributed by atoms with Gasteiger partial charge >= 0.3 is 24.5 Å². The molecule has 0 spiro atoms. The lowest BCUT2D eigenvalue weighted by Crippen LogP contribution is -2.48. The second-order valence-electron chi connectivity index (χ2n) is 10.6. The number of amides is 2. The van der Waals surface area contributed by atoms with E-state index in [1.54, 1.807) is 32.9 Å². The van der Waals surface area contributed by atoms with Gasteiger partial charge in [0.15, 0.2) is 17.3 Å². The molecule has 1 fully saturated rings. The van der Waals surface area contributed by atoms with E-state index < -0.39 is 66.3 Å². The molecule has 1 saturated heterocycles. The number of ether oxygens (including phenoxy) is 1. The number of alkyl halides is 6. The Hall–Kier alpha value is -4.31. The Morgan fingerprint density at radius 1 is 1.00 bits per heavy atom. The third-order valence-corrected chi connectivity index (χ3v) is 6.19. The number of pyridine rings is 1. The normalized spacial score (nSPS) is 17.4. The van der Waals surface area contributed by atoms with Crippen LogP contribution in [0.25, 0.3) is 11.4 Å². The minimum absolute atomic E-state index is 0.0107. The molecule has 17 heteroatoms. The van der Waals surface area contributed by atoms with Crippen LogP contribution >= 0.6 is 0 Å². The Labute approximate surface area is 240 Å². The van der Waals surface area contributed by atoms with Crippen LogP contribution in [-0.4, -0.2) is 85.0 Å². The zero-order chi connectivity index (χ0) is 32.3. The predicted octanol–water partition coefficient (Wildman–Crippen LogP) is 4.54. The topological polar surface area (TPSA) is 143 Å². The van der Waals surface area contributed by atoms with Crippen molar-refractivity contribution in [3.63, 3.8) is 0 Å². The first-order valence-electron chi connectivity index (χ1n) is 12.7. The lowest BCUT2D eigenvalue weighted by Gasteiger charge is -2.31. The summed E-state index contributed by atoms with van der Waals surface area (Å²) in [7, 11) is 0. The van der Waals surface area contributed by atoms with Crippen LogP contribution in [0.1, 0.15) is 44.1 Å². The third-order valence-electron chi connectivity index (χ3n) is 6.19. The first-order chi connectivity index (χ1) is 19.8. The molecular weight excluding hydrogens is 592 g/mol. The summed E-state index contributed by atoms with van der Waals surface area (Å²) < 4.78 is 82.0. The van der Waals surface area contributed by atoms with Gasteiger partial charge in [0.05, 0.1) is 24.7 Å². The second-order valence-corrected chi connectivity index (χ2v) is 10.6. The number of fused-ring (bicyclic) bond motifs is 1. The number of carbonyl (C=O) groups is 4. The molecule has 4 rings (SSSR count). The largest absolute Gasteiger partial charge is 0.465 e. The average molecular weight is 620 g/mol. The zero-order valence-corrected chi connectivity index (χ0v) is 23.1. The molecular formula is C26H27F6N5O6. The zero-order valence-electron chi connectivity index (χ0n) is 23.1. The highest BCUT2D eigenvalue weighted by Gasteiger charge is 2.47. The Bertz CT molecular complexity index is 1380. The van der Waals surface area contributed by atoms with Crippen molar-refractivity contribution >= 4 is 23.8 Å². The molecule has 0 bridgehead atoms. The summed E-state index contributed by atoms with van der Waals surface area (Å²) in [5.74, 6) is -4.92. The number of likely N-dealkylation sites (tertiary alicyclic amines) is 1. The quantitative estimate of drug-likeness (QED) is 0.379. The molecule has 0 radical (unpaired) electrons. The molecule has 0 saturated carbocycles. The van der Waals surface area contributed by atoms with E-state index in [1.807, 2.05) is 0 Å². The molecule has 1 atom stereocenters. The van der Waals surface area contributed by atoms with Crippen LogP contribution in [0.15, 0.2) is 24.5 Å². The van der Waals surface area contributed by atoms with Crippen LogP contribution < -0.4 is 0 Å². The Kier molecular flexibility index (Phi) is 9.66. The molecule has 4 heterocycles. The van der Waals surface area contributed by atoms with Crippen molar-refractivity contribution in [2.24, 2.45) is 5.92 Å². The number of aromatic nitrogens is 3. The molecule has 2 amide bonds. The number of rotatable bonds is 2. The number of ketones is 2. The van der Waals surface area contributed by atoms with Gasteiger partial charge in [-0.15, -0.1) is 0 Å². The van der Waals surface area contributed by atoms with Crippen LogP contribution in [0.5, 0.6) is 0 Å². The molecule has 0 aromatic carbocycles. The first kappa shape index (κ1) is 33.2. The maximum atomic E-state index is 13.5. The molecule has 2 aliphatic rings. The van der Waals surface area contributed by atoms with Gasteiger partial charge in [-0.3, -0.25) is 14.6 Å². The summed E-state index contributed by atoms with van der Waals surface area (Å²) in [6.45, 7) is 4.33. The van der Waals surface area contributed by atoms with Crippen LogP contribution in [-0.2, 0) is 33.5 Å². The Balaban J connectivity index is 0.000000271. The van der Waals surface area contributed by atoms with E-state index in [2.05, 4.69) is 15.0 Å². The highest BCUT2D eigenvalue weighted by molar-refractivity contribution is 6.06. The van der Waals surface area contributed by atoms with Gasteiger partial charge in [-0.1, -0.05) is 0 Å². The lowest BCUT2D eigenvalue weighted by molar-refractivity contribution is -0.177. The SMILES string of the molecule is CC(C)(C)OC(=O)N1CCc2c(nc(-c3cccnc3)nc2C(F)(F)F)C1.O=C1CN(C(=O)O)CCC1C(=O)C(F)(F)F. The van der Waals surface area contributed by atoms with Crippen molar-refractivity contribution in [1.29, 1.82) is 0 Å². The molecule has 43 heavy (non-hydrogen) atoms. The second kappa shape index (κ2) is 12.5. The smallest absolute Gasteiger partial charge is 0.450 e. The van der Waals surface area contributed by atoms with Gasteiger partial charge in [-0.2, -0.15) is 26.3 Å². The van der Waals surface area contributed by atoms with Crippen LogP contribution in [0.2, 0.25) is 0 Å². The Morgan fingerprint density at radius 3 is 2.19 bits per heavy atom. The van der Waals surface area contributed by atoms with Gasteiger partial charge in [-0.25, -0.2) is 19.6 Å². The number of Topliss-reactive ketones (excluding diaryl/α,β-unsaturated/α-hetero) is 2. The summed E-state index contributed by atoms with van der Waals surface area (Å²) in [5, 5.41) is 8.51. The number of hydrogen-bond acceptors (Lipinski definition) is 8. The molecule has 2 aliphatic heterocycles. The molecule has 234 valence electrons. The van der Waals surface area contributed by atoms with E-state index >= 15 is 0 Å². The summed E-state index contributed by atoms with van der Waals surface area (Å²) in [6.07, 6.45) is -9.12. The van der Waals surface area contributed by atoms with Crippen molar-refractivity contribution in [2.75, 3.05) is 19.6 Å². The van der Waals surface area contributed by atoms with Crippen molar-refractivity contribution in [3.05, 3.63) is 41.5 Å². The highest BCUT2D eigenvalue weighted by atomic mass is 19.4. The van der Waals surface area contributed by atoms with E-state index in [0.29, 0.717) is 10.5 Å². The minimum Gasteiger partial charge on any atom is -0.465 e. The van der Waals surface area contributed by atoms with Gasteiger partial charge in [0, 0.05) is 36.6 Å². The predicted molar refractivity (Wildman–Crippen MR) is 134 cm³/mol. The van der Waals surface area contributed by atoms with Gasteiger partial charge in [0.25, 0.3) is 0 Å². The van der Waals surface area contributed by atoms with Crippen molar-refractivity contribution in [3.8, 4) is 11.4 Å². The van der Waals surface area contributed by atoms with E-state index in [4.69, 9.17) is 9.84 Å². The van der Waals surface area contributed by atoms with Gasteiger partial charge in [0.2, 0.25) is 5.78 Å². The standard InChI is InChI=1S/C18H19F3N4O2.C8H8F3NO4/c1-17(2,3)27-16(26)25-8-6-12-13(10-25)23-15(11-5-4-7-22-9-11)24-14(12)18(19,20)21;9-8(10,11)6(14)4-1-2-12(7(15)16)3-5(4)13/h4-5,7,9H,6,8,10H2,1-3H3;4H,1-3H2,(H,15,16). The molecule has 2 aromatic rings. The lowest BCUT2D eigenvalue weighted by atomic mass is 9.91. The monoisotopic (exact) mass is 619 g/mol. The molecule has 1 unspecified atom stereocenters. The third kappa shape index (κ3) is 8.61. The molecule has 11 nitrogen and oxygen atoms in total. The van der Waals surface area contributed by atoms with E-state index in [0.717, 1.165) is 0 Å². The number of nitrogens with zero attached hydrogens (tertiary/aromatic N) is 5. The van der Waals surface area contributed by atoms with Crippen molar-refractivity contribution in [2.45, 2.75) is 58.1 Å². The number of carbonyl (C=O) groups excluding carboxylic acids is 3. The van der Waals surface area contributed by atoms with Crippen LogP contribution in [0.4, 0.5) is 35.9 Å². The number of piperidine rings is 1. The fourth-order valence-electron chi connectivity index (χ4n) is 4.23. The fraction of sp³-hybridized carbons (Fsp3) is 0.500. The maximum Gasteiger partial charge on any atom is 0.450 e. The van der Waals surface area contributed by atoms with E-state index in [9.17, 15) is 45.5 Å². The van der Waals surface area contributed by atoms with Crippen LogP contribution in [0, 0.1) is 5.92 Å². The van der Waals surface area contributed by atoms with Gasteiger partial charge < -0.3 is 19.6 Å². The van der Waals surface area contributed by atoms with Crippen molar-refractivity contribution in [1.82, 2.24) is 24.8 Å². The highest BCUT2D eigenvalue weighted by Crippen LogP contribution is 2.35. The number of carboxylic acid groups (broad SMARTS) is 1. The number of hydrogen-bond donors (Lipinski definition) is 1. The average Bonchev–Trinajstić information content (AvgIpc) is 2.90. The Morgan fingerprint density at radius 2 is 1.67 bits per heavy atom. The van der Waals surface area contributed by atoms with E-state index in [-0.39, 0.29) is 43.1 Å². The van der Waals surface area contributed by atoms with E-state index in [1.165, 1.54) is 17.3 Å². The minimum atomic E-state index is -5.05.